The number of carboxylic acid groups (broad SMARTS) is 1. The van der Waals surface area contributed by atoms with Crippen LogP contribution in [0.5, 0.6) is 5.75 Å². The number of amides is 1. The van der Waals surface area contributed by atoms with Crippen LogP contribution in [0.1, 0.15) is 22.5 Å². The van der Waals surface area contributed by atoms with Gasteiger partial charge >= 0.3 is 5.97 Å². The first-order valence-corrected chi connectivity index (χ1v) is 7.23. The van der Waals surface area contributed by atoms with Crippen LogP contribution in [0, 0.1) is 5.92 Å². The number of carboxylic acids is 1. The minimum absolute atomic E-state index is 0.188. The van der Waals surface area contributed by atoms with E-state index in [1.165, 1.54) is 18.4 Å². The van der Waals surface area contributed by atoms with Crippen LogP contribution < -0.4 is 10.1 Å². The van der Waals surface area contributed by atoms with Crippen molar-refractivity contribution in [2.24, 2.45) is 5.92 Å². The van der Waals surface area contributed by atoms with Gasteiger partial charge in [0, 0.05) is 24.0 Å². The van der Waals surface area contributed by atoms with Gasteiger partial charge in [-0.1, -0.05) is 0 Å². The second-order valence-corrected chi connectivity index (χ2v) is 5.53. The second kappa shape index (κ2) is 6.71. The molecule has 0 aromatic carbocycles. The smallest absolute Gasteiger partial charge is 0.326 e. The van der Waals surface area contributed by atoms with Crippen LogP contribution in [0.2, 0.25) is 0 Å². The summed E-state index contributed by atoms with van der Waals surface area (Å²) >= 11 is 1.22. The molecule has 1 aromatic heterocycles. The standard InChI is InChI=1S/C13H17NO5S/c1-18-9-5-10(20-7-9)12(15)14-11(13(16)17)8-3-2-4-19-6-8/h5,7-8,11H,2-4,6H2,1H3,(H,14,15)(H,16,17)/t8-,11-/m1/s1. The number of hydrogen-bond acceptors (Lipinski definition) is 5. The Labute approximate surface area is 120 Å². The maximum Gasteiger partial charge on any atom is 0.326 e. The van der Waals surface area contributed by atoms with Gasteiger partial charge in [0.25, 0.3) is 5.91 Å². The number of nitrogens with one attached hydrogen (secondary N) is 1. The molecule has 1 aliphatic heterocycles. The predicted molar refractivity (Wildman–Crippen MR) is 73.3 cm³/mol. The van der Waals surface area contributed by atoms with Crippen molar-refractivity contribution in [3.05, 3.63) is 16.3 Å². The van der Waals surface area contributed by atoms with E-state index in [4.69, 9.17) is 9.47 Å². The van der Waals surface area contributed by atoms with Gasteiger partial charge in [0.1, 0.15) is 11.8 Å². The quantitative estimate of drug-likeness (QED) is 0.857. The number of hydrogen-bond donors (Lipinski definition) is 2. The van der Waals surface area contributed by atoms with Crippen LogP contribution in [-0.2, 0) is 9.53 Å². The van der Waals surface area contributed by atoms with E-state index in [-0.39, 0.29) is 5.92 Å². The number of thiophene rings is 1. The highest BCUT2D eigenvalue weighted by atomic mass is 32.1. The predicted octanol–water partition coefficient (Wildman–Crippen LogP) is 1.37. The summed E-state index contributed by atoms with van der Waals surface area (Å²) in [6, 6.07) is 0.673. The van der Waals surface area contributed by atoms with Gasteiger partial charge in [-0.2, -0.15) is 0 Å². The average Bonchev–Trinajstić information content (AvgIpc) is 2.94. The molecule has 110 valence electrons. The maximum atomic E-state index is 12.1. The van der Waals surface area contributed by atoms with Gasteiger partial charge in [-0.15, -0.1) is 11.3 Å². The van der Waals surface area contributed by atoms with Crippen molar-refractivity contribution in [1.82, 2.24) is 5.32 Å². The molecule has 20 heavy (non-hydrogen) atoms. The van der Waals surface area contributed by atoms with Crippen molar-refractivity contribution in [2.45, 2.75) is 18.9 Å². The molecule has 6 nitrogen and oxygen atoms in total. The third-order valence-corrected chi connectivity index (χ3v) is 4.16. The summed E-state index contributed by atoms with van der Waals surface area (Å²) in [6.07, 6.45) is 1.56. The molecule has 0 unspecified atom stereocenters. The molecule has 2 heterocycles. The molecule has 0 radical (unpaired) electrons. The molecule has 1 amide bonds. The number of methoxy groups -OCH3 is 1. The highest BCUT2D eigenvalue weighted by Crippen LogP contribution is 2.22. The zero-order valence-corrected chi connectivity index (χ0v) is 11.9. The van der Waals surface area contributed by atoms with Crippen LogP contribution in [0.25, 0.3) is 0 Å². The molecule has 2 rings (SSSR count). The molecule has 1 aliphatic rings. The van der Waals surface area contributed by atoms with Crippen molar-refractivity contribution >= 4 is 23.2 Å². The summed E-state index contributed by atoms with van der Waals surface area (Å²) in [5, 5.41) is 13.6. The van der Waals surface area contributed by atoms with E-state index in [1.807, 2.05) is 0 Å². The Balaban J connectivity index is 2.03. The Bertz CT molecular complexity index is 481. The molecule has 1 saturated heterocycles. The fourth-order valence-corrected chi connectivity index (χ4v) is 2.92. The first kappa shape index (κ1) is 14.8. The van der Waals surface area contributed by atoms with Crippen LogP contribution in [0.3, 0.4) is 0 Å². The van der Waals surface area contributed by atoms with Gasteiger partial charge < -0.3 is 19.9 Å². The monoisotopic (exact) mass is 299 g/mol. The first-order chi connectivity index (χ1) is 9.61. The van der Waals surface area contributed by atoms with E-state index in [1.54, 1.807) is 11.4 Å². The molecule has 0 saturated carbocycles. The molecular weight excluding hydrogens is 282 g/mol. The molecule has 2 N–H and O–H groups in total. The van der Waals surface area contributed by atoms with Crippen molar-refractivity contribution in [2.75, 3.05) is 20.3 Å². The van der Waals surface area contributed by atoms with E-state index in [0.29, 0.717) is 23.8 Å². The van der Waals surface area contributed by atoms with Gasteiger partial charge in [-0.3, -0.25) is 4.79 Å². The minimum atomic E-state index is -1.03. The maximum absolute atomic E-state index is 12.1. The molecule has 7 heteroatoms. The van der Waals surface area contributed by atoms with Gasteiger partial charge in [-0.05, 0) is 12.8 Å². The molecule has 0 spiro atoms. The summed E-state index contributed by atoms with van der Waals surface area (Å²) in [7, 11) is 1.52. The van der Waals surface area contributed by atoms with Crippen LogP contribution in [-0.4, -0.2) is 43.3 Å². The lowest BCUT2D eigenvalue weighted by molar-refractivity contribution is -0.142. The Morgan fingerprint density at radius 2 is 2.40 bits per heavy atom. The Morgan fingerprint density at radius 1 is 1.60 bits per heavy atom. The topological polar surface area (TPSA) is 84.9 Å². The Kier molecular flexibility index (Phi) is 4.97. The van der Waals surface area contributed by atoms with Crippen LogP contribution in [0.4, 0.5) is 0 Å². The van der Waals surface area contributed by atoms with E-state index >= 15 is 0 Å². The molecule has 1 aromatic rings. The Hall–Kier alpha value is -1.60. The zero-order chi connectivity index (χ0) is 14.5. The number of rotatable bonds is 5. The summed E-state index contributed by atoms with van der Waals surface area (Å²) in [5.74, 6) is -1.02. The molecule has 0 bridgehead atoms. The van der Waals surface area contributed by atoms with Crippen molar-refractivity contribution in [1.29, 1.82) is 0 Å². The molecule has 1 fully saturated rings. The van der Waals surface area contributed by atoms with Gasteiger partial charge in [-0.25, -0.2) is 4.79 Å². The van der Waals surface area contributed by atoms with Crippen molar-refractivity contribution in [3.8, 4) is 5.75 Å². The molecular formula is C13H17NO5S. The third-order valence-electron chi connectivity index (χ3n) is 3.25. The lowest BCUT2D eigenvalue weighted by Gasteiger charge is -2.27. The summed E-state index contributed by atoms with van der Waals surface area (Å²) in [5.41, 5.74) is 0. The fourth-order valence-electron chi connectivity index (χ4n) is 2.17. The average molecular weight is 299 g/mol. The SMILES string of the molecule is COc1csc(C(=O)N[C@@H](C(=O)O)[C@@H]2CCCOC2)c1. The van der Waals surface area contributed by atoms with E-state index in [9.17, 15) is 14.7 Å². The first-order valence-electron chi connectivity index (χ1n) is 6.35. The molecule has 0 aliphatic carbocycles. The lowest BCUT2D eigenvalue weighted by atomic mass is 9.93. The van der Waals surface area contributed by atoms with Gasteiger partial charge in [0.15, 0.2) is 0 Å². The zero-order valence-electron chi connectivity index (χ0n) is 11.1. The normalized spacial score (nSPS) is 20.1. The van der Waals surface area contributed by atoms with E-state index < -0.39 is 17.9 Å². The van der Waals surface area contributed by atoms with E-state index in [2.05, 4.69) is 5.32 Å². The largest absolute Gasteiger partial charge is 0.496 e. The summed E-state index contributed by atoms with van der Waals surface area (Å²) in [6.45, 7) is 1.02. The van der Waals surface area contributed by atoms with Gasteiger partial charge in [0.2, 0.25) is 0 Å². The fraction of sp³-hybridized carbons (Fsp3) is 0.538. The second-order valence-electron chi connectivity index (χ2n) is 4.62. The summed E-state index contributed by atoms with van der Waals surface area (Å²) in [4.78, 5) is 23.8. The summed E-state index contributed by atoms with van der Waals surface area (Å²) < 4.78 is 10.3. The van der Waals surface area contributed by atoms with Gasteiger partial charge in [0.05, 0.1) is 18.6 Å². The number of aliphatic carboxylic acids is 1. The number of carbonyl (C=O) groups excluding carboxylic acids is 1. The van der Waals surface area contributed by atoms with E-state index in [0.717, 1.165) is 12.8 Å². The number of carbonyl (C=O) groups is 2. The van der Waals surface area contributed by atoms with Crippen molar-refractivity contribution < 1.29 is 24.2 Å². The highest BCUT2D eigenvalue weighted by molar-refractivity contribution is 7.12. The van der Waals surface area contributed by atoms with Crippen LogP contribution in [0.15, 0.2) is 11.4 Å². The lowest BCUT2D eigenvalue weighted by Crippen LogP contribution is -2.48. The third kappa shape index (κ3) is 3.49. The molecule has 2 atom stereocenters. The highest BCUT2D eigenvalue weighted by Gasteiger charge is 2.31. The van der Waals surface area contributed by atoms with Crippen molar-refractivity contribution in [3.63, 3.8) is 0 Å². The minimum Gasteiger partial charge on any atom is -0.496 e. The number of ether oxygens (including phenoxy) is 2. The van der Waals surface area contributed by atoms with Crippen LogP contribution >= 0.6 is 11.3 Å². The Morgan fingerprint density at radius 3 is 2.95 bits per heavy atom.